The first-order valence-corrected chi connectivity index (χ1v) is 7.15. The number of hydrogen-bond donors (Lipinski definition) is 2. The molecule has 0 aromatic heterocycles. The van der Waals surface area contributed by atoms with Crippen LogP contribution < -0.4 is 0 Å². The van der Waals surface area contributed by atoms with Crippen LogP contribution in [-0.4, -0.2) is 40.1 Å². The zero-order valence-electron chi connectivity index (χ0n) is 12.2. The molecule has 5 nitrogen and oxygen atoms in total. The van der Waals surface area contributed by atoms with Gasteiger partial charge >= 0.3 is 5.97 Å². The first kappa shape index (κ1) is 15.4. The highest BCUT2D eigenvalue weighted by Gasteiger charge is 2.38. The zero-order valence-corrected chi connectivity index (χ0v) is 12.2. The molecular formula is C16H21NO4. The molecule has 1 saturated heterocycles. The molecule has 1 unspecified atom stereocenters. The van der Waals surface area contributed by atoms with E-state index in [0.29, 0.717) is 19.5 Å². The third-order valence-corrected chi connectivity index (χ3v) is 4.15. The minimum Gasteiger partial charge on any atom is -0.508 e. The predicted molar refractivity (Wildman–Crippen MR) is 78.0 cm³/mol. The molecule has 1 aliphatic heterocycles. The Hall–Kier alpha value is -2.04. The zero-order chi connectivity index (χ0) is 15.5. The first-order chi connectivity index (χ1) is 9.90. The summed E-state index contributed by atoms with van der Waals surface area (Å²) in [5.74, 6) is -0.644. The topological polar surface area (TPSA) is 77.8 Å². The fraction of sp³-hybridized carbons (Fsp3) is 0.500. The SMILES string of the molecule is CC(=O)N1CCCC(CC(=O)O)(Cc2ccc(O)cc2)C1. The number of hydrogen-bond acceptors (Lipinski definition) is 3. The molecule has 2 rings (SSSR count). The number of amides is 1. The van der Waals surface area contributed by atoms with Gasteiger partial charge in [-0.3, -0.25) is 9.59 Å². The monoisotopic (exact) mass is 291 g/mol. The number of rotatable bonds is 4. The number of likely N-dealkylation sites (tertiary alicyclic amines) is 1. The molecular weight excluding hydrogens is 270 g/mol. The molecule has 1 aromatic rings. The average Bonchev–Trinajstić information content (AvgIpc) is 2.40. The van der Waals surface area contributed by atoms with E-state index in [2.05, 4.69) is 0 Å². The van der Waals surface area contributed by atoms with Crippen LogP contribution >= 0.6 is 0 Å². The molecule has 1 atom stereocenters. The molecule has 0 aliphatic carbocycles. The Balaban J connectivity index is 2.21. The van der Waals surface area contributed by atoms with E-state index in [4.69, 9.17) is 0 Å². The molecule has 1 fully saturated rings. The summed E-state index contributed by atoms with van der Waals surface area (Å²) in [7, 11) is 0. The molecule has 5 heteroatoms. The van der Waals surface area contributed by atoms with Gasteiger partial charge in [-0.05, 0) is 37.0 Å². The van der Waals surface area contributed by atoms with Crippen molar-refractivity contribution in [2.24, 2.45) is 5.41 Å². The molecule has 1 heterocycles. The van der Waals surface area contributed by atoms with Crippen molar-refractivity contribution in [3.8, 4) is 5.75 Å². The lowest BCUT2D eigenvalue weighted by Gasteiger charge is -2.42. The summed E-state index contributed by atoms with van der Waals surface area (Å²) < 4.78 is 0. The number of aliphatic carboxylic acids is 1. The van der Waals surface area contributed by atoms with Gasteiger partial charge in [0.2, 0.25) is 5.91 Å². The molecule has 114 valence electrons. The second kappa shape index (κ2) is 6.16. The van der Waals surface area contributed by atoms with Crippen LogP contribution in [0.2, 0.25) is 0 Å². The lowest BCUT2D eigenvalue weighted by Crippen LogP contribution is -2.47. The van der Waals surface area contributed by atoms with Crippen molar-refractivity contribution in [1.82, 2.24) is 4.90 Å². The van der Waals surface area contributed by atoms with Crippen molar-refractivity contribution >= 4 is 11.9 Å². The number of piperidine rings is 1. The number of phenolic OH excluding ortho intramolecular Hbond substituents is 1. The summed E-state index contributed by atoms with van der Waals surface area (Å²) >= 11 is 0. The summed E-state index contributed by atoms with van der Waals surface area (Å²) in [6.45, 7) is 2.71. The third-order valence-electron chi connectivity index (χ3n) is 4.15. The van der Waals surface area contributed by atoms with E-state index in [1.54, 1.807) is 17.0 Å². The number of carboxylic acids is 1. The standard InChI is InChI=1S/C16H21NO4/c1-12(18)17-8-2-7-16(11-17,10-15(20)21)9-13-3-5-14(19)6-4-13/h3-6,19H,2,7-11H2,1H3,(H,20,21). The van der Waals surface area contributed by atoms with Crippen LogP contribution in [0.25, 0.3) is 0 Å². The van der Waals surface area contributed by atoms with Gasteiger partial charge in [0, 0.05) is 25.4 Å². The van der Waals surface area contributed by atoms with Crippen LogP contribution in [0.5, 0.6) is 5.75 Å². The second-order valence-electron chi connectivity index (χ2n) is 5.96. The van der Waals surface area contributed by atoms with Crippen LogP contribution in [0.3, 0.4) is 0 Å². The number of benzene rings is 1. The number of aromatic hydroxyl groups is 1. The van der Waals surface area contributed by atoms with Crippen molar-refractivity contribution in [2.75, 3.05) is 13.1 Å². The van der Waals surface area contributed by atoms with E-state index in [-0.39, 0.29) is 18.1 Å². The molecule has 1 amide bonds. The Kier molecular flexibility index (Phi) is 4.50. The highest BCUT2D eigenvalue weighted by atomic mass is 16.4. The van der Waals surface area contributed by atoms with Gasteiger partial charge in [-0.25, -0.2) is 0 Å². The molecule has 1 aromatic carbocycles. The molecule has 2 N–H and O–H groups in total. The molecule has 0 saturated carbocycles. The van der Waals surface area contributed by atoms with E-state index in [0.717, 1.165) is 18.4 Å². The lowest BCUT2D eigenvalue weighted by molar-refractivity contribution is -0.143. The smallest absolute Gasteiger partial charge is 0.303 e. The van der Waals surface area contributed by atoms with Crippen LogP contribution in [0.15, 0.2) is 24.3 Å². The van der Waals surface area contributed by atoms with Crippen molar-refractivity contribution in [3.05, 3.63) is 29.8 Å². The van der Waals surface area contributed by atoms with E-state index in [1.807, 2.05) is 12.1 Å². The number of nitrogens with zero attached hydrogens (tertiary/aromatic N) is 1. The van der Waals surface area contributed by atoms with Crippen molar-refractivity contribution in [3.63, 3.8) is 0 Å². The Bertz CT molecular complexity index is 526. The lowest BCUT2D eigenvalue weighted by atomic mass is 9.72. The molecule has 1 aliphatic rings. The maximum Gasteiger partial charge on any atom is 0.303 e. The third kappa shape index (κ3) is 3.97. The van der Waals surface area contributed by atoms with Crippen molar-refractivity contribution in [2.45, 2.75) is 32.6 Å². The number of carboxylic acid groups (broad SMARTS) is 1. The fourth-order valence-corrected chi connectivity index (χ4v) is 3.20. The Morgan fingerprint density at radius 2 is 1.95 bits per heavy atom. The van der Waals surface area contributed by atoms with Crippen LogP contribution in [0, 0.1) is 5.41 Å². The minimum atomic E-state index is -0.834. The summed E-state index contributed by atoms with van der Waals surface area (Å²) in [6, 6.07) is 6.84. The minimum absolute atomic E-state index is 0.00447. The highest BCUT2D eigenvalue weighted by Crippen LogP contribution is 2.37. The Morgan fingerprint density at radius 1 is 1.29 bits per heavy atom. The van der Waals surface area contributed by atoms with Crippen LogP contribution in [-0.2, 0) is 16.0 Å². The van der Waals surface area contributed by atoms with E-state index in [9.17, 15) is 19.8 Å². The molecule has 21 heavy (non-hydrogen) atoms. The Labute approximate surface area is 124 Å². The van der Waals surface area contributed by atoms with Crippen molar-refractivity contribution < 1.29 is 19.8 Å². The second-order valence-corrected chi connectivity index (χ2v) is 5.96. The van der Waals surface area contributed by atoms with E-state index in [1.165, 1.54) is 6.92 Å². The summed E-state index contributed by atoms with van der Waals surface area (Å²) in [4.78, 5) is 24.6. The van der Waals surface area contributed by atoms with Gasteiger partial charge in [0.1, 0.15) is 5.75 Å². The molecule has 0 radical (unpaired) electrons. The van der Waals surface area contributed by atoms with Gasteiger partial charge in [-0.2, -0.15) is 0 Å². The quantitative estimate of drug-likeness (QED) is 0.890. The van der Waals surface area contributed by atoms with Crippen LogP contribution in [0.1, 0.15) is 31.7 Å². The maximum absolute atomic E-state index is 11.6. The average molecular weight is 291 g/mol. The van der Waals surface area contributed by atoms with Gasteiger partial charge in [-0.1, -0.05) is 12.1 Å². The van der Waals surface area contributed by atoms with Gasteiger partial charge in [-0.15, -0.1) is 0 Å². The fourth-order valence-electron chi connectivity index (χ4n) is 3.20. The van der Waals surface area contributed by atoms with Gasteiger partial charge < -0.3 is 15.1 Å². The summed E-state index contributed by atoms with van der Waals surface area (Å²) in [5.41, 5.74) is 0.562. The van der Waals surface area contributed by atoms with E-state index < -0.39 is 11.4 Å². The highest BCUT2D eigenvalue weighted by molar-refractivity contribution is 5.74. The molecule has 0 spiro atoms. The van der Waals surface area contributed by atoms with Gasteiger partial charge in [0.15, 0.2) is 0 Å². The van der Waals surface area contributed by atoms with Crippen molar-refractivity contribution in [1.29, 1.82) is 0 Å². The summed E-state index contributed by atoms with van der Waals surface area (Å²) in [5, 5.41) is 18.6. The van der Waals surface area contributed by atoms with E-state index >= 15 is 0 Å². The van der Waals surface area contributed by atoms with Gasteiger partial charge in [0.05, 0.1) is 6.42 Å². The maximum atomic E-state index is 11.6. The normalized spacial score (nSPS) is 22.0. The predicted octanol–water partition coefficient (Wildman–Crippen LogP) is 2.04. The molecule has 0 bridgehead atoms. The first-order valence-electron chi connectivity index (χ1n) is 7.15. The van der Waals surface area contributed by atoms with Crippen LogP contribution in [0.4, 0.5) is 0 Å². The summed E-state index contributed by atoms with van der Waals surface area (Å²) in [6.07, 6.45) is 2.27. The number of carbonyl (C=O) groups excluding carboxylic acids is 1. The largest absolute Gasteiger partial charge is 0.508 e. The number of phenols is 1. The number of carbonyl (C=O) groups is 2. The van der Waals surface area contributed by atoms with Gasteiger partial charge in [0.25, 0.3) is 0 Å². The Morgan fingerprint density at radius 3 is 2.52 bits per heavy atom.